The minimum atomic E-state index is -0.476. The number of rotatable bonds is 5. The number of hydrogen-bond acceptors (Lipinski definition) is 6. The predicted molar refractivity (Wildman–Crippen MR) is 132 cm³/mol. The van der Waals surface area contributed by atoms with Gasteiger partial charge in [-0.25, -0.2) is 0 Å². The van der Waals surface area contributed by atoms with Gasteiger partial charge in [0.15, 0.2) is 0 Å². The molecule has 0 saturated carbocycles. The molecule has 0 aliphatic carbocycles. The van der Waals surface area contributed by atoms with Crippen LogP contribution in [0.4, 0.5) is 0 Å². The van der Waals surface area contributed by atoms with Crippen LogP contribution in [0.5, 0.6) is 5.75 Å². The maximum Gasteiger partial charge on any atom is 0.273 e. The Kier molecular flexibility index (Phi) is 6.30. The van der Waals surface area contributed by atoms with Crippen LogP contribution in [0.2, 0.25) is 0 Å². The lowest BCUT2D eigenvalue weighted by molar-refractivity contribution is 0.105. The van der Waals surface area contributed by atoms with E-state index in [1.54, 1.807) is 54.5 Å². The molecule has 2 heterocycles. The zero-order chi connectivity index (χ0) is 24.4. The molecule has 0 amide bonds. The van der Waals surface area contributed by atoms with Crippen molar-refractivity contribution in [3.63, 3.8) is 0 Å². The van der Waals surface area contributed by atoms with E-state index >= 15 is 0 Å². The summed E-state index contributed by atoms with van der Waals surface area (Å²) < 4.78 is 9.04. The number of aryl methyl sites for hydroxylation is 3. The Morgan fingerprint density at radius 2 is 1.88 bits per heavy atom. The van der Waals surface area contributed by atoms with E-state index in [4.69, 9.17) is 4.74 Å². The number of nitrogens with zero attached hydrogens (tertiary/aromatic N) is 4. The number of aromatic nitrogens is 3. The fourth-order valence-corrected chi connectivity index (χ4v) is 4.87. The molecule has 0 unspecified atom stereocenters. The van der Waals surface area contributed by atoms with Gasteiger partial charge in [-0.2, -0.15) is 10.4 Å². The number of ketones is 1. The van der Waals surface area contributed by atoms with Crippen LogP contribution >= 0.6 is 11.3 Å². The van der Waals surface area contributed by atoms with E-state index in [-0.39, 0.29) is 15.8 Å². The fourth-order valence-electron chi connectivity index (χ4n) is 3.78. The molecule has 4 aromatic rings. The van der Waals surface area contributed by atoms with E-state index in [0.29, 0.717) is 21.5 Å². The van der Waals surface area contributed by atoms with E-state index in [0.717, 1.165) is 28.0 Å². The number of thiazole rings is 1. The fraction of sp³-hybridized carbons (Fsp3) is 0.154. The Morgan fingerprint density at radius 3 is 2.50 bits per heavy atom. The van der Waals surface area contributed by atoms with Crippen molar-refractivity contribution in [2.75, 3.05) is 7.11 Å². The molecule has 170 valence electrons. The van der Waals surface area contributed by atoms with Crippen LogP contribution in [-0.2, 0) is 7.05 Å². The molecule has 2 aromatic heterocycles. The second-order valence-corrected chi connectivity index (χ2v) is 8.82. The van der Waals surface area contributed by atoms with Crippen molar-refractivity contribution in [3.05, 3.63) is 96.7 Å². The van der Waals surface area contributed by atoms with Gasteiger partial charge in [0.2, 0.25) is 5.78 Å². The third-order valence-corrected chi connectivity index (χ3v) is 6.49. The highest BCUT2D eigenvalue weighted by atomic mass is 32.1. The summed E-state index contributed by atoms with van der Waals surface area (Å²) in [5, 5.41) is 14.2. The second kappa shape index (κ2) is 9.33. The highest BCUT2D eigenvalue weighted by molar-refractivity contribution is 7.07. The molecule has 2 aromatic carbocycles. The molecule has 0 saturated heterocycles. The van der Waals surface area contributed by atoms with Crippen molar-refractivity contribution in [2.45, 2.75) is 13.8 Å². The molecule has 0 atom stereocenters. The molecular formula is C26H22N4O3S. The van der Waals surface area contributed by atoms with E-state index in [2.05, 4.69) is 11.2 Å². The standard InChI is InChI=1S/C26H22N4O3S/c1-16-7-5-8-17(2)23(16)30-25(32)22(11-18-14-28-29(3)15-18)34-26(30)21(13-27)24(31)19-9-6-10-20(12-19)33-4/h5-12,14-15H,1-4H3. The Bertz CT molecular complexity index is 1610. The first-order valence-corrected chi connectivity index (χ1v) is 11.3. The van der Waals surface area contributed by atoms with Crippen LogP contribution in [0.3, 0.4) is 0 Å². The molecule has 0 fully saturated rings. The molecule has 0 bridgehead atoms. The van der Waals surface area contributed by atoms with Gasteiger partial charge in [-0.05, 0) is 43.2 Å². The molecule has 4 rings (SSSR count). The van der Waals surface area contributed by atoms with Crippen LogP contribution in [0.25, 0.3) is 17.3 Å². The summed E-state index contributed by atoms with van der Waals surface area (Å²) in [6.07, 6.45) is 5.16. The van der Waals surface area contributed by atoms with E-state index in [1.165, 1.54) is 11.7 Å². The van der Waals surface area contributed by atoms with Gasteiger partial charge in [0, 0.05) is 24.4 Å². The van der Waals surface area contributed by atoms with E-state index in [1.807, 2.05) is 32.0 Å². The van der Waals surface area contributed by atoms with Crippen LogP contribution in [0, 0.1) is 25.2 Å². The number of carbonyl (C=O) groups is 1. The Labute approximate surface area is 200 Å². The Hall–Kier alpha value is -4.22. The predicted octanol–water partition coefficient (Wildman–Crippen LogP) is 2.64. The normalized spacial score (nSPS) is 12.4. The maximum absolute atomic E-state index is 13.6. The molecule has 0 aliphatic heterocycles. The number of ether oxygens (including phenoxy) is 1. The lowest BCUT2D eigenvalue weighted by atomic mass is 10.0. The number of Topliss-reactive ketones (excluding diaryl/α,β-unsaturated/α-hetero) is 1. The summed E-state index contributed by atoms with van der Waals surface area (Å²) in [6.45, 7) is 3.80. The number of hydrogen-bond donors (Lipinski definition) is 0. The first kappa shape index (κ1) is 23.0. The van der Waals surface area contributed by atoms with Gasteiger partial charge in [0.25, 0.3) is 5.56 Å². The first-order valence-electron chi connectivity index (χ1n) is 10.5. The zero-order valence-corrected chi connectivity index (χ0v) is 20.0. The highest BCUT2D eigenvalue weighted by Gasteiger charge is 2.20. The summed E-state index contributed by atoms with van der Waals surface area (Å²) in [6, 6.07) is 14.4. The van der Waals surface area contributed by atoms with E-state index < -0.39 is 5.78 Å². The first-order chi connectivity index (χ1) is 16.3. The van der Waals surface area contributed by atoms with Crippen LogP contribution < -0.4 is 19.5 Å². The van der Waals surface area contributed by atoms with Crippen LogP contribution in [0.1, 0.15) is 27.0 Å². The lowest BCUT2D eigenvalue weighted by Crippen LogP contribution is -2.32. The number of benzene rings is 2. The summed E-state index contributed by atoms with van der Waals surface area (Å²) in [5.41, 5.74) is 3.04. The minimum Gasteiger partial charge on any atom is -0.497 e. The van der Waals surface area contributed by atoms with E-state index in [9.17, 15) is 14.9 Å². The zero-order valence-electron chi connectivity index (χ0n) is 19.2. The monoisotopic (exact) mass is 470 g/mol. The number of para-hydroxylation sites is 1. The van der Waals surface area contributed by atoms with Gasteiger partial charge in [0.1, 0.15) is 22.1 Å². The highest BCUT2D eigenvalue weighted by Crippen LogP contribution is 2.18. The van der Waals surface area contributed by atoms with Gasteiger partial charge in [-0.1, -0.05) is 30.3 Å². The molecule has 34 heavy (non-hydrogen) atoms. The SMILES string of the molecule is COc1cccc(C(=O)C(C#N)=c2sc(=Cc3cnn(C)c3)c(=O)n2-c2c(C)cccc2C)c1. The maximum atomic E-state index is 13.6. The Balaban J connectivity index is 2.10. The van der Waals surface area contributed by atoms with Crippen LogP contribution in [-0.4, -0.2) is 27.2 Å². The second-order valence-electron chi connectivity index (χ2n) is 7.79. The molecule has 8 heteroatoms. The van der Waals surface area contributed by atoms with Crippen molar-refractivity contribution in [2.24, 2.45) is 7.05 Å². The number of carbonyl (C=O) groups excluding carboxylic acids is 1. The van der Waals surface area contributed by atoms with Crippen LogP contribution in [0.15, 0.2) is 59.7 Å². The van der Waals surface area contributed by atoms with Gasteiger partial charge >= 0.3 is 0 Å². The Morgan fingerprint density at radius 1 is 1.18 bits per heavy atom. The average Bonchev–Trinajstić information content (AvgIpc) is 3.37. The van der Waals surface area contributed by atoms with Gasteiger partial charge in [-0.3, -0.25) is 18.8 Å². The molecule has 0 spiro atoms. The average molecular weight is 471 g/mol. The summed E-state index contributed by atoms with van der Waals surface area (Å²) in [4.78, 5) is 27.1. The molecular weight excluding hydrogens is 448 g/mol. The van der Waals surface area contributed by atoms with Crippen molar-refractivity contribution >= 4 is 28.8 Å². The third kappa shape index (κ3) is 4.21. The summed E-state index contributed by atoms with van der Waals surface area (Å²) in [5.74, 6) is 0.0302. The summed E-state index contributed by atoms with van der Waals surface area (Å²) >= 11 is 1.11. The quantitative estimate of drug-likeness (QED) is 0.419. The van der Waals surface area contributed by atoms with Gasteiger partial charge in [-0.15, -0.1) is 11.3 Å². The molecule has 0 radical (unpaired) electrons. The molecule has 7 nitrogen and oxygen atoms in total. The van der Waals surface area contributed by atoms with Gasteiger partial charge in [0.05, 0.1) is 23.5 Å². The van der Waals surface area contributed by atoms with Crippen molar-refractivity contribution < 1.29 is 9.53 Å². The molecule has 0 N–H and O–H groups in total. The number of methoxy groups -OCH3 is 1. The van der Waals surface area contributed by atoms with Gasteiger partial charge < -0.3 is 4.74 Å². The summed E-state index contributed by atoms with van der Waals surface area (Å²) in [7, 11) is 3.30. The number of nitriles is 1. The lowest BCUT2D eigenvalue weighted by Gasteiger charge is -2.11. The largest absolute Gasteiger partial charge is 0.497 e. The van der Waals surface area contributed by atoms with Crippen molar-refractivity contribution in [3.8, 4) is 17.5 Å². The van der Waals surface area contributed by atoms with Crippen molar-refractivity contribution in [1.29, 1.82) is 5.26 Å². The third-order valence-electron chi connectivity index (χ3n) is 5.39. The topological polar surface area (TPSA) is 89.9 Å². The smallest absolute Gasteiger partial charge is 0.273 e. The molecule has 0 aliphatic rings. The minimum absolute atomic E-state index is 0.108. The van der Waals surface area contributed by atoms with Crippen molar-refractivity contribution in [1.82, 2.24) is 14.3 Å².